The predicted octanol–water partition coefficient (Wildman–Crippen LogP) is 1.86. The Labute approximate surface area is 110 Å². The van der Waals surface area contributed by atoms with Gasteiger partial charge in [-0.15, -0.1) is 0 Å². The van der Waals surface area contributed by atoms with E-state index in [2.05, 4.69) is 5.32 Å². The minimum Gasteiger partial charge on any atom is -0.460 e. The van der Waals surface area contributed by atoms with E-state index in [-0.39, 0.29) is 24.1 Å². The van der Waals surface area contributed by atoms with Crippen molar-refractivity contribution in [3.05, 3.63) is 0 Å². The fourth-order valence-corrected chi connectivity index (χ4v) is 2.30. The largest absolute Gasteiger partial charge is 0.460 e. The second-order valence-corrected chi connectivity index (χ2v) is 6.11. The third kappa shape index (κ3) is 5.83. The first-order valence-corrected chi connectivity index (χ1v) is 6.99. The molecule has 0 atom stereocenters. The molecule has 1 aliphatic carbocycles. The molecule has 2 N–H and O–H groups in total. The highest BCUT2D eigenvalue weighted by atomic mass is 16.6. The van der Waals surface area contributed by atoms with Crippen LogP contribution in [0.4, 0.5) is 0 Å². The van der Waals surface area contributed by atoms with Crippen LogP contribution in [0.1, 0.15) is 52.9 Å². The Hall–Kier alpha value is -0.610. The Balaban J connectivity index is 2.24. The van der Waals surface area contributed by atoms with Gasteiger partial charge in [-0.2, -0.15) is 0 Å². The topological polar surface area (TPSA) is 58.6 Å². The van der Waals surface area contributed by atoms with Crippen LogP contribution in [0.25, 0.3) is 0 Å². The summed E-state index contributed by atoms with van der Waals surface area (Å²) in [5, 5.41) is 12.1. The lowest BCUT2D eigenvalue weighted by atomic mass is 9.86. The Morgan fingerprint density at radius 3 is 2.39 bits per heavy atom. The number of nitrogens with one attached hydrogen (secondary N) is 1. The monoisotopic (exact) mass is 257 g/mol. The van der Waals surface area contributed by atoms with Crippen molar-refractivity contribution < 1.29 is 14.6 Å². The zero-order valence-electron chi connectivity index (χ0n) is 11.9. The molecule has 1 rings (SSSR count). The third-order valence-corrected chi connectivity index (χ3v) is 3.24. The van der Waals surface area contributed by atoms with Crippen LogP contribution >= 0.6 is 0 Å². The van der Waals surface area contributed by atoms with Crippen LogP contribution in [0.5, 0.6) is 0 Å². The number of aliphatic hydroxyl groups excluding tert-OH is 1. The summed E-state index contributed by atoms with van der Waals surface area (Å²) in [6.45, 7) is 6.82. The molecule has 0 amide bonds. The standard InChI is InChI=1S/C14H27NO3/c1-14(2,3)18-13(17)11-5-7-12(8-6-11)15-9-4-10-16/h11-12,15-16H,4-10H2,1-3H3. The third-order valence-electron chi connectivity index (χ3n) is 3.24. The molecule has 0 aromatic rings. The second kappa shape index (κ2) is 7.10. The van der Waals surface area contributed by atoms with E-state index >= 15 is 0 Å². The summed E-state index contributed by atoms with van der Waals surface area (Å²) in [4.78, 5) is 11.9. The average Bonchev–Trinajstić information content (AvgIpc) is 2.28. The summed E-state index contributed by atoms with van der Waals surface area (Å²) in [6, 6.07) is 0.496. The van der Waals surface area contributed by atoms with Gasteiger partial charge >= 0.3 is 5.97 Å². The number of esters is 1. The van der Waals surface area contributed by atoms with Gasteiger partial charge in [0.15, 0.2) is 0 Å². The molecule has 0 aliphatic heterocycles. The van der Waals surface area contributed by atoms with Gasteiger partial charge in [0, 0.05) is 12.6 Å². The molecule has 4 nitrogen and oxygen atoms in total. The van der Waals surface area contributed by atoms with Crippen LogP contribution in [0.15, 0.2) is 0 Å². The first-order chi connectivity index (χ1) is 8.42. The number of ether oxygens (including phenoxy) is 1. The number of rotatable bonds is 5. The lowest BCUT2D eigenvalue weighted by molar-refractivity contribution is -0.161. The average molecular weight is 257 g/mol. The quantitative estimate of drug-likeness (QED) is 0.583. The van der Waals surface area contributed by atoms with Crippen LogP contribution in [0.3, 0.4) is 0 Å². The summed E-state index contributed by atoms with van der Waals surface area (Å²) < 4.78 is 5.42. The molecule has 0 bridgehead atoms. The maximum Gasteiger partial charge on any atom is 0.309 e. The predicted molar refractivity (Wildman–Crippen MR) is 71.3 cm³/mol. The van der Waals surface area contributed by atoms with Gasteiger partial charge in [0.25, 0.3) is 0 Å². The maximum absolute atomic E-state index is 11.9. The van der Waals surface area contributed by atoms with E-state index in [1.54, 1.807) is 0 Å². The van der Waals surface area contributed by atoms with Crippen molar-refractivity contribution in [3.8, 4) is 0 Å². The van der Waals surface area contributed by atoms with E-state index in [9.17, 15) is 4.79 Å². The number of aliphatic hydroxyl groups is 1. The van der Waals surface area contributed by atoms with Crippen molar-refractivity contribution in [2.24, 2.45) is 5.92 Å². The van der Waals surface area contributed by atoms with E-state index in [0.717, 1.165) is 38.6 Å². The number of carbonyl (C=O) groups excluding carboxylic acids is 1. The minimum absolute atomic E-state index is 0.0451. The van der Waals surface area contributed by atoms with Gasteiger partial charge in [-0.25, -0.2) is 0 Å². The van der Waals surface area contributed by atoms with E-state index in [1.807, 2.05) is 20.8 Å². The molecule has 1 saturated carbocycles. The highest BCUT2D eigenvalue weighted by molar-refractivity contribution is 5.73. The van der Waals surface area contributed by atoms with Gasteiger partial charge in [0.1, 0.15) is 5.60 Å². The molecule has 4 heteroatoms. The lowest BCUT2D eigenvalue weighted by Crippen LogP contribution is -2.37. The Morgan fingerprint density at radius 2 is 1.89 bits per heavy atom. The fraction of sp³-hybridized carbons (Fsp3) is 0.929. The summed E-state index contributed by atoms with van der Waals surface area (Å²) in [5.41, 5.74) is -0.382. The molecular formula is C14H27NO3. The van der Waals surface area contributed by atoms with Crippen molar-refractivity contribution in [2.45, 2.75) is 64.5 Å². The van der Waals surface area contributed by atoms with E-state index < -0.39 is 0 Å². The molecule has 0 saturated heterocycles. The number of hydrogen-bond donors (Lipinski definition) is 2. The molecule has 106 valence electrons. The molecular weight excluding hydrogens is 230 g/mol. The smallest absolute Gasteiger partial charge is 0.309 e. The summed E-state index contributed by atoms with van der Waals surface area (Å²) >= 11 is 0. The molecule has 1 fully saturated rings. The van der Waals surface area contributed by atoms with Crippen LogP contribution in [0.2, 0.25) is 0 Å². The van der Waals surface area contributed by atoms with Crippen molar-refractivity contribution >= 4 is 5.97 Å². The van der Waals surface area contributed by atoms with Crippen molar-refractivity contribution in [2.75, 3.05) is 13.2 Å². The van der Waals surface area contributed by atoms with E-state index in [1.165, 1.54) is 0 Å². The highest BCUT2D eigenvalue weighted by Gasteiger charge is 2.29. The van der Waals surface area contributed by atoms with Crippen LogP contribution in [-0.2, 0) is 9.53 Å². The fourth-order valence-electron chi connectivity index (χ4n) is 2.30. The normalized spacial score (nSPS) is 24.9. The molecule has 0 heterocycles. The Bertz CT molecular complexity index is 252. The number of carbonyl (C=O) groups is 1. The number of hydrogen-bond acceptors (Lipinski definition) is 4. The van der Waals surface area contributed by atoms with Gasteiger partial charge in [0.2, 0.25) is 0 Å². The Kier molecular flexibility index (Phi) is 6.09. The van der Waals surface area contributed by atoms with Crippen LogP contribution < -0.4 is 5.32 Å². The van der Waals surface area contributed by atoms with E-state index in [0.29, 0.717) is 6.04 Å². The second-order valence-electron chi connectivity index (χ2n) is 6.11. The summed E-state index contributed by atoms with van der Waals surface area (Å²) in [7, 11) is 0. The first kappa shape index (κ1) is 15.4. The molecule has 18 heavy (non-hydrogen) atoms. The lowest BCUT2D eigenvalue weighted by Gasteiger charge is -2.30. The molecule has 1 aliphatic rings. The van der Waals surface area contributed by atoms with Crippen molar-refractivity contribution in [1.82, 2.24) is 5.32 Å². The highest BCUT2D eigenvalue weighted by Crippen LogP contribution is 2.26. The van der Waals surface area contributed by atoms with Crippen LogP contribution in [0, 0.1) is 5.92 Å². The maximum atomic E-state index is 11.9. The zero-order chi connectivity index (χ0) is 13.6. The van der Waals surface area contributed by atoms with Gasteiger partial charge in [-0.3, -0.25) is 4.79 Å². The molecule has 0 spiro atoms. The van der Waals surface area contributed by atoms with Crippen molar-refractivity contribution in [3.63, 3.8) is 0 Å². The van der Waals surface area contributed by atoms with E-state index in [4.69, 9.17) is 9.84 Å². The SMILES string of the molecule is CC(C)(C)OC(=O)C1CCC(NCCCO)CC1. The van der Waals surface area contributed by atoms with Gasteiger partial charge in [0.05, 0.1) is 5.92 Å². The molecule has 0 aromatic heterocycles. The zero-order valence-corrected chi connectivity index (χ0v) is 11.9. The Morgan fingerprint density at radius 1 is 1.28 bits per heavy atom. The van der Waals surface area contributed by atoms with Gasteiger partial charge < -0.3 is 15.2 Å². The summed E-state index contributed by atoms with van der Waals surface area (Å²) in [5.74, 6) is 0.0245. The molecule has 0 unspecified atom stereocenters. The molecule has 0 aromatic carbocycles. The molecule has 0 radical (unpaired) electrons. The van der Waals surface area contributed by atoms with Crippen molar-refractivity contribution in [1.29, 1.82) is 0 Å². The summed E-state index contributed by atoms with van der Waals surface area (Å²) in [6.07, 6.45) is 4.66. The van der Waals surface area contributed by atoms with Gasteiger partial charge in [-0.05, 0) is 59.4 Å². The first-order valence-electron chi connectivity index (χ1n) is 6.99. The van der Waals surface area contributed by atoms with Gasteiger partial charge in [-0.1, -0.05) is 0 Å². The van der Waals surface area contributed by atoms with Crippen LogP contribution in [-0.4, -0.2) is 35.9 Å². The minimum atomic E-state index is -0.382.